The van der Waals surface area contributed by atoms with Crippen LogP contribution in [0.5, 0.6) is 0 Å². The van der Waals surface area contributed by atoms with E-state index < -0.39 is 18.6 Å². The van der Waals surface area contributed by atoms with Gasteiger partial charge in [0, 0.05) is 25.4 Å². The Balaban J connectivity index is 0.00000529. The van der Waals surface area contributed by atoms with Gasteiger partial charge in [-0.3, -0.25) is 9.79 Å². The van der Waals surface area contributed by atoms with Gasteiger partial charge in [0.15, 0.2) is 5.96 Å². The van der Waals surface area contributed by atoms with E-state index in [-0.39, 0.29) is 36.6 Å². The molecule has 1 rings (SSSR count). The van der Waals surface area contributed by atoms with Gasteiger partial charge in [-0.05, 0) is 25.0 Å². The molecule has 2 N–H and O–H groups in total. The first kappa shape index (κ1) is 23.6. The zero-order chi connectivity index (χ0) is 17.5. The summed E-state index contributed by atoms with van der Waals surface area (Å²) in [6.07, 6.45) is -1.19. The zero-order valence-electron chi connectivity index (χ0n) is 14.2. The molecule has 1 aliphatic rings. The number of likely N-dealkylation sites (N-methyl/N-ethyl adjacent to an activating group) is 1. The van der Waals surface area contributed by atoms with Crippen LogP contribution in [0.4, 0.5) is 13.2 Å². The number of aliphatic imine (C=N–C) groups is 1. The van der Waals surface area contributed by atoms with Crippen molar-refractivity contribution >= 4 is 47.6 Å². The van der Waals surface area contributed by atoms with E-state index in [4.69, 9.17) is 0 Å². The number of guanidine groups is 1. The summed E-state index contributed by atoms with van der Waals surface area (Å²) in [4.78, 5) is 16.4. The first-order valence-corrected chi connectivity index (χ1v) is 8.69. The van der Waals surface area contributed by atoms with Crippen LogP contribution in [0.15, 0.2) is 4.99 Å². The lowest BCUT2D eigenvalue weighted by Crippen LogP contribution is -2.47. The Kier molecular flexibility index (Phi) is 11.1. The Morgan fingerprint density at radius 2 is 2.04 bits per heavy atom. The largest absolute Gasteiger partial charge is 0.406 e. The molecule has 0 aromatic heterocycles. The molecule has 1 amide bonds. The highest BCUT2D eigenvalue weighted by Crippen LogP contribution is 2.29. The van der Waals surface area contributed by atoms with Gasteiger partial charge in [0.25, 0.3) is 0 Å². The van der Waals surface area contributed by atoms with Crippen LogP contribution in [0.25, 0.3) is 0 Å². The number of carbonyl (C=O) groups is 1. The van der Waals surface area contributed by atoms with Gasteiger partial charge < -0.3 is 15.5 Å². The highest BCUT2D eigenvalue weighted by molar-refractivity contribution is 14.0. The first-order chi connectivity index (χ1) is 10.7. The molecule has 2 unspecified atom stereocenters. The second-order valence-electron chi connectivity index (χ2n) is 5.52. The van der Waals surface area contributed by atoms with Gasteiger partial charge in [-0.15, -0.1) is 24.0 Å². The highest BCUT2D eigenvalue weighted by atomic mass is 127. The van der Waals surface area contributed by atoms with E-state index in [1.165, 1.54) is 0 Å². The fourth-order valence-electron chi connectivity index (χ4n) is 2.50. The van der Waals surface area contributed by atoms with Gasteiger partial charge in [-0.25, -0.2) is 0 Å². The molecular weight excluding hydrogens is 456 g/mol. The van der Waals surface area contributed by atoms with Gasteiger partial charge in [-0.2, -0.15) is 24.9 Å². The predicted molar refractivity (Wildman–Crippen MR) is 103 cm³/mol. The second-order valence-corrected chi connectivity index (χ2v) is 7.10. The number of carbonyl (C=O) groups excluding carboxylic acids is 1. The standard InChI is InChI=1S/C14H25F3N4OS.HI/c1-4-23-11-6-5-10(7-11)20-13(18-2)19-8-12(22)21(3)9-14(15,16)17;/h10-11H,4-9H2,1-3H3,(H2,18,19,20);1H. The summed E-state index contributed by atoms with van der Waals surface area (Å²) >= 11 is 1.94. The molecule has 1 fully saturated rings. The van der Waals surface area contributed by atoms with Gasteiger partial charge in [0.05, 0.1) is 6.54 Å². The van der Waals surface area contributed by atoms with Crippen LogP contribution in [0.3, 0.4) is 0 Å². The number of hydrogen-bond donors (Lipinski definition) is 2. The van der Waals surface area contributed by atoms with E-state index >= 15 is 0 Å². The normalized spacial score (nSPS) is 21.2. The molecule has 0 bridgehead atoms. The van der Waals surface area contributed by atoms with Crippen molar-refractivity contribution in [3.63, 3.8) is 0 Å². The summed E-state index contributed by atoms with van der Waals surface area (Å²) in [5.74, 6) is 0.909. The van der Waals surface area contributed by atoms with Crippen molar-refractivity contribution in [2.24, 2.45) is 4.99 Å². The van der Waals surface area contributed by atoms with E-state index in [0.717, 1.165) is 32.1 Å². The predicted octanol–water partition coefficient (Wildman–Crippen LogP) is 2.46. The minimum absolute atomic E-state index is 0. The van der Waals surface area contributed by atoms with Gasteiger partial charge in [-0.1, -0.05) is 6.92 Å². The average molecular weight is 482 g/mol. The number of halogens is 4. The van der Waals surface area contributed by atoms with E-state index in [2.05, 4.69) is 22.5 Å². The average Bonchev–Trinajstić information content (AvgIpc) is 2.89. The SMILES string of the molecule is CCSC1CCC(NC(=NC)NCC(=O)N(C)CC(F)(F)F)C1.I. The summed E-state index contributed by atoms with van der Waals surface area (Å²) in [6, 6.07) is 0.285. The number of nitrogens with zero attached hydrogens (tertiary/aromatic N) is 2. The van der Waals surface area contributed by atoms with Gasteiger partial charge in [0.2, 0.25) is 5.91 Å². The minimum atomic E-state index is -4.39. The maximum absolute atomic E-state index is 12.2. The Morgan fingerprint density at radius 1 is 1.38 bits per heavy atom. The molecule has 0 aliphatic heterocycles. The van der Waals surface area contributed by atoms with Gasteiger partial charge in [0.1, 0.15) is 6.54 Å². The monoisotopic (exact) mass is 482 g/mol. The molecule has 5 nitrogen and oxygen atoms in total. The van der Waals surface area contributed by atoms with Crippen molar-refractivity contribution in [2.45, 2.75) is 43.7 Å². The third-order valence-electron chi connectivity index (χ3n) is 3.60. The highest BCUT2D eigenvalue weighted by Gasteiger charge is 2.31. The number of amides is 1. The van der Waals surface area contributed by atoms with Crippen LogP contribution in [0, 0.1) is 0 Å². The quantitative estimate of drug-likeness (QED) is 0.347. The van der Waals surface area contributed by atoms with Crippen LogP contribution >= 0.6 is 35.7 Å². The minimum Gasteiger partial charge on any atom is -0.354 e. The molecule has 0 aromatic rings. The molecule has 0 saturated heterocycles. The Hall–Kier alpha value is -0.390. The Labute approximate surface area is 162 Å². The molecular formula is C14H26F3IN4OS. The van der Waals surface area contributed by atoms with Crippen molar-refractivity contribution in [1.82, 2.24) is 15.5 Å². The van der Waals surface area contributed by atoms with Crippen molar-refractivity contribution in [2.75, 3.05) is 32.9 Å². The third kappa shape index (κ3) is 9.19. The fraction of sp³-hybridized carbons (Fsp3) is 0.857. The lowest BCUT2D eigenvalue weighted by molar-refractivity contribution is -0.157. The number of nitrogens with one attached hydrogen (secondary N) is 2. The van der Waals surface area contributed by atoms with E-state index in [1.807, 2.05) is 11.8 Å². The topological polar surface area (TPSA) is 56.7 Å². The zero-order valence-corrected chi connectivity index (χ0v) is 17.3. The molecule has 0 spiro atoms. The van der Waals surface area contributed by atoms with E-state index in [1.54, 1.807) is 7.05 Å². The summed E-state index contributed by atoms with van der Waals surface area (Å²) < 4.78 is 36.7. The molecule has 142 valence electrons. The van der Waals surface area contributed by atoms with Crippen molar-refractivity contribution in [3.05, 3.63) is 0 Å². The fourth-order valence-corrected chi connectivity index (χ4v) is 3.64. The molecule has 1 saturated carbocycles. The van der Waals surface area contributed by atoms with Crippen LogP contribution in [0.1, 0.15) is 26.2 Å². The molecule has 0 heterocycles. The lowest BCUT2D eigenvalue weighted by atomic mass is 10.2. The van der Waals surface area contributed by atoms with Crippen LogP contribution in [0.2, 0.25) is 0 Å². The Morgan fingerprint density at radius 3 is 2.58 bits per heavy atom. The number of rotatable bonds is 6. The van der Waals surface area contributed by atoms with E-state index in [0.29, 0.717) is 16.1 Å². The van der Waals surface area contributed by atoms with Gasteiger partial charge >= 0.3 is 6.18 Å². The molecule has 1 aliphatic carbocycles. The number of alkyl halides is 3. The third-order valence-corrected chi connectivity index (χ3v) is 4.83. The molecule has 0 radical (unpaired) electrons. The van der Waals surface area contributed by atoms with Crippen LogP contribution < -0.4 is 10.6 Å². The van der Waals surface area contributed by atoms with Crippen molar-refractivity contribution in [1.29, 1.82) is 0 Å². The molecule has 2 atom stereocenters. The first-order valence-electron chi connectivity index (χ1n) is 7.64. The second kappa shape index (κ2) is 11.3. The summed E-state index contributed by atoms with van der Waals surface area (Å²) in [5, 5.41) is 6.65. The van der Waals surface area contributed by atoms with Crippen molar-refractivity contribution in [3.8, 4) is 0 Å². The number of thioether (sulfide) groups is 1. The Bertz CT molecular complexity index is 423. The molecule has 24 heavy (non-hydrogen) atoms. The van der Waals surface area contributed by atoms with Crippen molar-refractivity contribution < 1.29 is 18.0 Å². The molecule has 0 aromatic carbocycles. The van der Waals surface area contributed by atoms with Crippen LogP contribution in [-0.2, 0) is 4.79 Å². The van der Waals surface area contributed by atoms with E-state index in [9.17, 15) is 18.0 Å². The maximum atomic E-state index is 12.2. The summed E-state index contributed by atoms with van der Waals surface area (Å²) in [5.41, 5.74) is 0. The lowest BCUT2D eigenvalue weighted by Gasteiger charge is -2.21. The maximum Gasteiger partial charge on any atom is 0.406 e. The van der Waals surface area contributed by atoms with Crippen LogP contribution in [-0.4, -0.2) is 67.2 Å². The smallest absolute Gasteiger partial charge is 0.354 e. The summed E-state index contributed by atoms with van der Waals surface area (Å²) in [6.45, 7) is 0.666. The summed E-state index contributed by atoms with van der Waals surface area (Å²) in [7, 11) is 2.71. The molecule has 10 heteroatoms. The number of hydrogen-bond acceptors (Lipinski definition) is 3.